The summed E-state index contributed by atoms with van der Waals surface area (Å²) in [4.78, 5) is 5.03. The van der Waals surface area contributed by atoms with Gasteiger partial charge in [0.25, 0.3) is 0 Å². The molecule has 15 heavy (non-hydrogen) atoms. The Hall–Kier alpha value is -0.120. The molecule has 1 heterocycles. The van der Waals surface area contributed by atoms with Crippen molar-refractivity contribution in [3.05, 3.63) is 0 Å². The smallest absolute Gasteiger partial charge is 0.0232 e. The fraction of sp³-hybridized carbons (Fsp3) is 1.00. The molecule has 0 aromatic rings. The minimum absolute atomic E-state index is 0.616. The van der Waals surface area contributed by atoms with E-state index in [2.05, 4.69) is 36.3 Å². The van der Waals surface area contributed by atoms with Crippen molar-refractivity contribution in [3.63, 3.8) is 0 Å². The molecule has 1 aliphatic heterocycles. The fourth-order valence-electron chi connectivity index (χ4n) is 2.87. The molecule has 1 saturated heterocycles. The second-order valence-electron chi connectivity index (χ2n) is 5.65. The van der Waals surface area contributed by atoms with Crippen molar-refractivity contribution >= 4 is 0 Å². The first kappa shape index (κ1) is 11.4. The van der Waals surface area contributed by atoms with Gasteiger partial charge in [-0.2, -0.15) is 0 Å². The van der Waals surface area contributed by atoms with Gasteiger partial charge in [0.2, 0.25) is 0 Å². The summed E-state index contributed by atoms with van der Waals surface area (Å²) in [5.74, 6) is 0. The molecule has 0 radical (unpaired) electrons. The Morgan fingerprint density at radius 3 is 2.67 bits per heavy atom. The fourth-order valence-corrected chi connectivity index (χ4v) is 2.87. The maximum atomic E-state index is 3.34. The van der Waals surface area contributed by atoms with Crippen molar-refractivity contribution in [2.45, 2.75) is 25.3 Å². The number of nitrogens with one attached hydrogen (secondary N) is 1. The quantitative estimate of drug-likeness (QED) is 0.719. The number of hydrogen-bond donors (Lipinski definition) is 1. The van der Waals surface area contributed by atoms with Gasteiger partial charge in [0.05, 0.1) is 0 Å². The van der Waals surface area contributed by atoms with Gasteiger partial charge in [0, 0.05) is 25.7 Å². The minimum Gasteiger partial charge on any atom is -0.319 e. The van der Waals surface area contributed by atoms with E-state index in [0.717, 1.165) is 6.04 Å². The molecule has 0 amide bonds. The second-order valence-corrected chi connectivity index (χ2v) is 5.65. The van der Waals surface area contributed by atoms with Crippen LogP contribution in [0.25, 0.3) is 0 Å². The SMILES string of the molecule is CNCC1(CN(C)C2CCN(C)C2)CC1. The van der Waals surface area contributed by atoms with E-state index in [1.165, 1.54) is 45.4 Å². The van der Waals surface area contributed by atoms with Crippen LogP contribution in [0.2, 0.25) is 0 Å². The van der Waals surface area contributed by atoms with Crippen LogP contribution in [0.1, 0.15) is 19.3 Å². The van der Waals surface area contributed by atoms with Crippen molar-refractivity contribution in [2.24, 2.45) is 5.41 Å². The van der Waals surface area contributed by atoms with Gasteiger partial charge < -0.3 is 15.1 Å². The van der Waals surface area contributed by atoms with Gasteiger partial charge in [0.15, 0.2) is 0 Å². The Bertz CT molecular complexity index is 213. The Balaban J connectivity index is 1.79. The zero-order valence-electron chi connectivity index (χ0n) is 10.4. The third-order valence-electron chi connectivity index (χ3n) is 4.08. The number of hydrogen-bond acceptors (Lipinski definition) is 3. The molecule has 0 spiro atoms. The predicted molar refractivity (Wildman–Crippen MR) is 64.1 cm³/mol. The van der Waals surface area contributed by atoms with E-state index in [-0.39, 0.29) is 0 Å². The van der Waals surface area contributed by atoms with E-state index >= 15 is 0 Å². The van der Waals surface area contributed by atoms with Crippen LogP contribution in [0.15, 0.2) is 0 Å². The highest BCUT2D eigenvalue weighted by Gasteiger charge is 2.43. The molecule has 1 N–H and O–H groups in total. The van der Waals surface area contributed by atoms with Crippen LogP contribution in [-0.4, -0.2) is 63.2 Å². The second kappa shape index (κ2) is 4.40. The summed E-state index contributed by atoms with van der Waals surface area (Å²) in [6.07, 6.45) is 4.18. The lowest BCUT2D eigenvalue weighted by Gasteiger charge is -2.28. The first-order valence-corrected chi connectivity index (χ1v) is 6.19. The van der Waals surface area contributed by atoms with Gasteiger partial charge in [0.1, 0.15) is 0 Å². The molecule has 3 nitrogen and oxygen atoms in total. The molecular weight excluding hydrogens is 186 g/mol. The highest BCUT2D eigenvalue weighted by molar-refractivity contribution is 4.98. The Morgan fingerprint density at radius 1 is 1.47 bits per heavy atom. The average Bonchev–Trinajstić information content (AvgIpc) is 2.77. The van der Waals surface area contributed by atoms with Gasteiger partial charge in [-0.05, 0) is 52.4 Å². The number of rotatable bonds is 5. The van der Waals surface area contributed by atoms with E-state index in [4.69, 9.17) is 0 Å². The summed E-state index contributed by atoms with van der Waals surface area (Å²) in [5, 5.41) is 3.34. The molecule has 1 saturated carbocycles. The number of likely N-dealkylation sites (tertiary alicyclic amines) is 1. The van der Waals surface area contributed by atoms with Gasteiger partial charge in [-0.15, -0.1) is 0 Å². The third kappa shape index (κ3) is 2.71. The van der Waals surface area contributed by atoms with Crippen LogP contribution in [-0.2, 0) is 0 Å². The molecule has 0 bridgehead atoms. The summed E-state index contributed by atoms with van der Waals surface area (Å²) in [5.41, 5.74) is 0.616. The predicted octanol–water partition coefficient (Wildman–Crippen LogP) is 0.622. The largest absolute Gasteiger partial charge is 0.319 e. The average molecular weight is 211 g/mol. The summed E-state index contributed by atoms with van der Waals surface area (Å²) >= 11 is 0. The van der Waals surface area contributed by atoms with E-state index in [9.17, 15) is 0 Å². The highest BCUT2D eigenvalue weighted by atomic mass is 15.2. The third-order valence-corrected chi connectivity index (χ3v) is 4.08. The first-order valence-electron chi connectivity index (χ1n) is 6.19. The van der Waals surface area contributed by atoms with Crippen LogP contribution in [0, 0.1) is 5.41 Å². The summed E-state index contributed by atoms with van der Waals surface area (Å²) in [7, 11) is 6.61. The molecule has 3 heteroatoms. The number of likely N-dealkylation sites (N-methyl/N-ethyl adjacent to an activating group) is 2. The van der Waals surface area contributed by atoms with Crippen molar-refractivity contribution in [2.75, 3.05) is 47.3 Å². The molecule has 0 aromatic carbocycles. The molecule has 2 aliphatic rings. The minimum atomic E-state index is 0.616. The Morgan fingerprint density at radius 2 is 2.20 bits per heavy atom. The topological polar surface area (TPSA) is 18.5 Å². The Labute approximate surface area is 93.8 Å². The molecule has 2 rings (SSSR count). The monoisotopic (exact) mass is 211 g/mol. The van der Waals surface area contributed by atoms with E-state index in [1.54, 1.807) is 0 Å². The van der Waals surface area contributed by atoms with Crippen LogP contribution in [0.5, 0.6) is 0 Å². The molecule has 2 fully saturated rings. The summed E-state index contributed by atoms with van der Waals surface area (Å²) in [6.45, 7) is 5.01. The molecule has 1 unspecified atom stereocenters. The summed E-state index contributed by atoms with van der Waals surface area (Å²) < 4.78 is 0. The van der Waals surface area contributed by atoms with Gasteiger partial charge >= 0.3 is 0 Å². The zero-order chi connectivity index (χ0) is 10.9. The normalized spacial score (nSPS) is 30.0. The molecule has 1 atom stereocenters. The van der Waals surface area contributed by atoms with Crippen molar-refractivity contribution in [3.8, 4) is 0 Å². The lowest BCUT2D eigenvalue weighted by molar-refractivity contribution is 0.196. The molecule has 88 valence electrons. The van der Waals surface area contributed by atoms with Crippen molar-refractivity contribution < 1.29 is 0 Å². The van der Waals surface area contributed by atoms with Gasteiger partial charge in [-0.25, -0.2) is 0 Å². The van der Waals surface area contributed by atoms with Crippen LogP contribution >= 0.6 is 0 Å². The lowest BCUT2D eigenvalue weighted by atomic mass is 10.1. The van der Waals surface area contributed by atoms with Gasteiger partial charge in [-0.1, -0.05) is 0 Å². The molecule has 1 aliphatic carbocycles. The van der Waals surface area contributed by atoms with E-state index < -0.39 is 0 Å². The van der Waals surface area contributed by atoms with Crippen LogP contribution in [0.3, 0.4) is 0 Å². The van der Waals surface area contributed by atoms with E-state index in [1.807, 2.05) is 0 Å². The number of nitrogens with zero attached hydrogens (tertiary/aromatic N) is 2. The molecular formula is C12H25N3. The van der Waals surface area contributed by atoms with Crippen molar-refractivity contribution in [1.29, 1.82) is 0 Å². The van der Waals surface area contributed by atoms with Crippen molar-refractivity contribution in [1.82, 2.24) is 15.1 Å². The molecule has 0 aromatic heterocycles. The maximum absolute atomic E-state index is 3.34. The van der Waals surface area contributed by atoms with Crippen LogP contribution in [0.4, 0.5) is 0 Å². The van der Waals surface area contributed by atoms with Crippen LogP contribution < -0.4 is 5.32 Å². The first-order chi connectivity index (χ1) is 7.15. The summed E-state index contributed by atoms with van der Waals surface area (Å²) in [6, 6.07) is 0.796. The van der Waals surface area contributed by atoms with E-state index in [0.29, 0.717) is 5.41 Å². The zero-order valence-corrected chi connectivity index (χ0v) is 10.4. The lowest BCUT2D eigenvalue weighted by Crippen LogP contribution is -2.40. The van der Waals surface area contributed by atoms with Gasteiger partial charge in [-0.3, -0.25) is 0 Å². The standard InChI is InChI=1S/C12H25N3/c1-13-9-12(5-6-12)10-15(3)11-4-7-14(2)8-11/h11,13H,4-10H2,1-3H3. The Kier molecular flexibility index (Phi) is 3.33. The maximum Gasteiger partial charge on any atom is 0.0232 e. The highest BCUT2D eigenvalue weighted by Crippen LogP contribution is 2.45.